The lowest BCUT2D eigenvalue weighted by molar-refractivity contribution is -0.142. The van der Waals surface area contributed by atoms with Gasteiger partial charge in [-0.05, 0) is 43.4 Å². The molecule has 0 radical (unpaired) electrons. The molecule has 0 saturated heterocycles. The summed E-state index contributed by atoms with van der Waals surface area (Å²) in [5.41, 5.74) is 0.623. The average Bonchev–Trinajstić information content (AvgIpc) is 2.43. The fourth-order valence-corrected chi connectivity index (χ4v) is 3.16. The highest BCUT2D eigenvalue weighted by molar-refractivity contribution is 6.36. The highest BCUT2D eigenvalue weighted by Gasteiger charge is 2.26. The van der Waals surface area contributed by atoms with E-state index in [4.69, 9.17) is 28.3 Å². The average molecular weight is 330 g/mol. The molecule has 2 N–H and O–H groups in total. The Bertz CT molecular complexity index is 519. The minimum atomic E-state index is -0.748. The third-order valence-electron chi connectivity index (χ3n) is 3.84. The van der Waals surface area contributed by atoms with Crippen LogP contribution in [0.1, 0.15) is 31.2 Å². The molecule has 1 aliphatic rings. The second kappa shape index (κ2) is 7.14. The number of carbonyl (C=O) groups excluding carboxylic acids is 1. The molecule has 1 aromatic carbocycles. The summed E-state index contributed by atoms with van der Waals surface area (Å²) in [5.74, 6) is -1.16. The zero-order valence-corrected chi connectivity index (χ0v) is 13.0. The van der Waals surface area contributed by atoms with Gasteiger partial charge in [0.1, 0.15) is 0 Å². The van der Waals surface area contributed by atoms with Crippen LogP contribution in [0.3, 0.4) is 0 Å². The lowest BCUT2D eigenvalue weighted by Gasteiger charge is -2.26. The zero-order valence-electron chi connectivity index (χ0n) is 11.4. The highest BCUT2D eigenvalue weighted by Crippen LogP contribution is 2.26. The van der Waals surface area contributed by atoms with E-state index < -0.39 is 5.97 Å². The van der Waals surface area contributed by atoms with Gasteiger partial charge in [0.05, 0.1) is 12.3 Å². The standard InChI is InChI=1S/C15H17Cl2NO3/c16-12-2-1-3-13(17)11(12)8-14(19)18-10-6-4-9(5-7-10)15(20)21/h1-3,9-10H,4-8H2,(H,18,19)(H,20,21). The van der Waals surface area contributed by atoms with Gasteiger partial charge in [0, 0.05) is 16.1 Å². The van der Waals surface area contributed by atoms with Crippen LogP contribution < -0.4 is 5.32 Å². The SMILES string of the molecule is O=C(Cc1c(Cl)cccc1Cl)NC1CCC(C(=O)O)CC1. The summed E-state index contributed by atoms with van der Waals surface area (Å²) in [5, 5.41) is 12.8. The topological polar surface area (TPSA) is 66.4 Å². The number of aliphatic carboxylic acids is 1. The second-order valence-electron chi connectivity index (χ2n) is 5.33. The Morgan fingerprint density at radius 1 is 1.14 bits per heavy atom. The van der Waals surface area contributed by atoms with Crippen molar-refractivity contribution < 1.29 is 14.7 Å². The van der Waals surface area contributed by atoms with E-state index in [-0.39, 0.29) is 24.3 Å². The van der Waals surface area contributed by atoms with Crippen LogP contribution in [-0.2, 0) is 16.0 Å². The van der Waals surface area contributed by atoms with E-state index in [1.807, 2.05) is 0 Å². The number of amides is 1. The minimum absolute atomic E-state index is 0.0364. The van der Waals surface area contributed by atoms with E-state index in [9.17, 15) is 9.59 Å². The lowest BCUT2D eigenvalue weighted by Crippen LogP contribution is -2.39. The van der Waals surface area contributed by atoms with Crippen LogP contribution in [0.4, 0.5) is 0 Å². The first kappa shape index (κ1) is 16.1. The van der Waals surface area contributed by atoms with Crippen LogP contribution >= 0.6 is 23.2 Å². The van der Waals surface area contributed by atoms with Gasteiger partial charge in [-0.1, -0.05) is 29.3 Å². The van der Waals surface area contributed by atoms with Crippen molar-refractivity contribution >= 4 is 35.1 Å². The number of carbonyl (C=O) groups is 2. The molecule has 21 heavy (non-hydrogen) atoms. The van der Waals surface area contributed by atoms with Crippen molar-refractivity contribution in [2.75, 3.05) is 0 Å². The van der Waals surface area contributed by atoms with Gasteiger partial charge < -0.3 is 10.4 Å². The first-order valence-corrected chi connectivity index (χ1v) is 7.68. The highest BCUT2D eigenvalue weighted by atomic mass is 35.5. The first-order chi connectivity index (χ1) is 9.97. The Hall–Kier alpha value is -1.26. The van der Waals surface area contributed by atoms with E-state index in [0.29, 0.717) is 41.3 Å². The van der Waals surface area contributed by atoms with Gasteiger partial charge in [-0.15, -0.1) is 0 Å². The van der Waals surface area contributed by atoms with Gasteiger partial charge in [0.2, 0.25) is 5.91 Å². The molecule has 1 fully saturated rings. The number of benzene rings is 1. The van der Waals surface area contributed by atoms with Crippen LogP contribution in [0, 0.1) is 5.92 Å². The monoisotopic (exact) mass is 329 g/mol. The molecule has 1 saturated carbocycles. The van der Waals surface area contributed by atoms with Crippen molar-refractivity contribution in [2.24, 2.45) is 5.92 Å². The molecule has 1 aliphatic carbocycles. The summed E-state index contributed by atoms with van der Waals surface area (Å²) in [6, 6.07) is 5.18. The van der Waals surface area contributed by atoms with Crippen molar-refractivity contribution in [3.8, 4) is 0 Å². The molecule has 0 unspecified atom stereocenters. The van der Waals surface area contributed by atoms with Gasteiger partial charge in [0.15, 0.2) is 0 Å². The van der Waals surface area contributed by atoms with Crippen molar-refractivity contribution in [3.05, 3.63) is 33.8 Å². The molecule has 0 aliphatic heterocycles. The van der Waals surface area contributed by atoms with Gasteiger partial charge in [-0.25, -0.2) is 0 Å². The summed E-state index contributed by atoms with van der Waals surface area (Å²) in [6.45, 7) is 0. The summed E-state index contributed by atoms with van der Waals surface area (Å²) in [7, 11) is 0. The number of hydrogen-bond acceptors (Lipinski definition) is 2. The molecule has 4 nitrogen and oxygen atoms in total. The third kappa shape index (κ3) is 4.35. The molecule has 0 spiro atoms. The Kier molecular flexibility index (Phi) is 5.48. The maximum Gasteiger partial charge on any atom is 0.306 e. The number of nitrogens with one attached hydrogen (secondary N) is 1. The maximum absolute atomic E-state index is 12.1. The van der Waals surface area contributed by atoms with Crippen LogP contribution in [0.2, 0.25) is 10.0 Å². The second-order valence-corrected chi connectivity index (χ2v) is 6.15. The number of rotatable bonds is 4. The van der Waals surface area contributed by atoms with Crippen LogP contribution in [0.15, 0.2) is 18.2 Å². The molecule has 1 amide bonds. The molecule has 2 rings (SSSR count). The molecule has 0 atom stereocenters. The molecular weight excluding hydrogens is 313 g/mol. The Morgan fingerprint density at radius 3 is 2.24 bits per heavy atom. The van der Waals surface area contributed by atoms with Crippen LogP contribution in [0.25, 0.3) is 0 Å². The third-order valence-corrected chi connectivity index (χ3v) is 4.55. The zero-order chi connectivity index (χ0) is 15.4. The quantitative estimate of drug-likeness (QED) is 0.890. The Morgan fingerprint density at radius 2 is 1.71 bits per heavy atom. The fraction of sp³-hybridized carbons (Fsp3) is 0.467. The van der Waals surface area contributed by atoms with Gasteiger partial charge in [-0.3, -0.25) is 9.59 Å². The number of hydrogen-bond donors (Lipinski definition) is 2. The van der Waals surface area contributed by atoms with E-state index in [2.05, 4.69) is 5.32 Å². The summed E-state index contributed by atoms with van der Waals surface area (Å²) in [4.78, 5) is 22.9. The summed E-state index contributed by atoms with van der Waals surface area (Å²) >= 11 is 12.1. The predicted octanol–water partition coefficient (Wildman–Crippen LogP) is 3.30. The number of carboxylic acids is 1. The van der Waals surface area contributed by atoms with Gasteiger partial charge in [0.25, 0.3) is 0 Å². The minimum Gasteiger partial charge on any atom is -0.481 e. The summed E-state index contributed by atoms with van der Waals surface area (Å²) in [6.07, 6.45) is 2.73. The molecule has 0 heterocycles. The number of carboxylic acid groups (broad SMARTS) is 1. The van der Waals surface area contributed by atoms with Crippen molar-refractivity contribution in [3.63, 3.8) is 0 Å². The smallest absolute Gasteiger partial charge is 0.306 e. The number of halogens is 2. The van der Waals surface area contributed by atoms with Gasteiger partial charge >= 0.3 is 5.97 Å². The van der Waals surface area contributed by atoms with E-state index in [1.54, 1.807) is 18.2 Å². The van der Waals surface area contributed by atoms with Crippen molar-refractivity contribution in [1.82, 2.24) is 5.32 Å². The summed E-state index contributed by atoms with van der Waals surface area (Å²) < 4.78 is 0. The molecule has 0 aromatic heterocycles. The van der Waals surface area contributed by atoms with Crippen LogP contribution in [0.5, 0.6) is 0 Å². The predicted molar refractivity (Wildman–Crippen MR) is 81.7 cm³/mol. The van der Waals surface area contributed by atoms with Crippen molar-refractivity contribution in [2.45, 2.75) is 38.1 Å². The maximum atomic E-state index is 12.1. The largest absolute Gasteiger partial charge is 0.481 e. The van der Waals surface area contributed by atoms with Crippen molar-refractivity contribution in [1.29, 1.82) is 0 Å². The first-order valence-electron chi connectivity index (χ1n) is 6.92. The van der Waals surface area contributed by atoms with E-state index in [1.165, 1.54) is 0 Å². The fourth-order valence-electron chi connectivity index (χ4n) is 2.63. The normalized spacial score (nSPS) is 21.8. The molecule has 0 bridgehead atoms. The van der Waals surface area contributed by atoms with Gasteiger partial charge in [-0.2, -0.15) is 0 Å². The molecule has 1 aromatic rings. The lowest BCUT2D eigenvalue weighted by atomic mass is 9.86. The Labute approximate surface area is 133 Å². The molecular formula is C15H17Cl2NO3. The van der Waals surface area contributed by atoms with E-state index in [0.717, 1.165) is 0 Å². The van der Waals surface area contributed by atoms with Crippen LogP contribution in [-0.4, -0.2) is 23.0 Å². The molecule has 6 heteroatoms. The van der Waals surface area contributed by atoms with E-state index >= 15 is 0 Å². The molecule has 114 valence electrons. The Balaban J connectivity index is 1.87.